The van der Waals surface area contributed by atoms with Crippen LogP contribution in [0.5, 0.6) is 0 Å². The summed E-state index contributed by atoms with van der Waals surface area (Å²) in [5.41, 5.74) is 1.27. The number of rotatable bonds is 11. The van der Waals surface area contributed by atoms with Crippen molar-refractivity contribution in [3.8, 4) is 0 Å². The van der Waals surface area contributed by atoms with E-state index in [1.165, 1.54) is 44.1 Å². The summed E-state index contributed by atoms with van der Waals surface area (Å²) in [6, 6.07) is 2.89. The summed E-state index contributed by atoms with van der Waals surface area (Å²) >= 11 is 0. The Labute approximate surface area is 129 Å². The van der Waals surface area contributed by atoms with Crippen molar-refractivity contribution >= 4 is 0 Å². The van der Waals surface area contributed by atoms with Crippen LogP contribution < -0.4 is 5.32 Å². The van der Waals surface area contributed by atoms with E-state index in [2.05, 4.69) is 25.2 Å². The van der Waals surface area contributed by atoms with Crippen LogP contribution in [0.25, 0.3) is 0 Å². The highest BCUT2D eigenvalue weighted by molar-refractivity contribution is 5.20. The third-order valence-corrected chi connectivity index (χ3v) is 4.20. The topological polar surface area (TPSA) is 34.4 Å². The second-order valence-corrected chi connectivity index (χ2v) is 6.42. The zero-order valence-corrected chi connectivity index (χ0v) is 13.9. The number of nitrogens with one attached hydrogen (secondary N) is 1. The molecule has 0 radical (unpaired) electrons. The van der Waals surface area contributed by atoms with Gasteiger partial charge in [0.05, 0.1) is 6.10 Å². The van der Waals surface area contributed by atoms with Crippen molar-refractivity contribution in [3.05, 3.63) is 23.2 Å². The largest absolute Gasteiger partial charge is 0.464 e. The molecule has 3 heteroatoms. The fourth-order valence-electron chi connectivity index (χ4n) is 2.54. The molecule has 1 N–H and O–H groups in total. The molecule has 1 aliphatic carbocycles. The van der Waals surface area contributed by atoms with Gasteiger partial charge < -0.3 is 14.5 Å². The molecule has 1 heterocycles. The summed E-state index contributed by atoms with van der Waals surface area (Å²) in [5.74, 6) is 1.98. The van der Waals surface area contributed by atoms with E-state index >= 15 is 0 Å². The molecule has 0 bridgehead atoms. The van der Waals surface area contributed by atoms with Crippen molar-refractivity contribution in [1.29, 1.82) is 0 Å². The maximum absolute atomic E-state index is 5.90. The van der Waals surface area contributed by atoms with Gasteiger partial charge >= 0.3 is 0 Å². The predicted molar refractivity (Wildman–Crippen MR) is 86.3 cm³/mol. The van der Waals surface area contributed by atoms with E-state index in [1.807, 2.05) is 6.92 Å². The first kappa shape index (κ1) is 16.6. The lowest BCUT2D eigenvalue weighted by atomic mass is 10.1. The highest BCUT2D eigenvalue weighted by Crippen LogP contribution is 2.21. The summed E-state index contributed by atoms with van der Waals surface area (Å²) in [6.45, 7) is 7.97. The van der Waals surface area contributed by atoms with E-state index in [-0.39, 0.29) is 0 Å². The van der Waals surface area contributed by atoms with Gasteiger partial charge in [0.25, 0.3) is 0 Å². The van der Waals surface area contributed by atoms with Gasteiger partial charge in [-0.3, -0.25) is 0 Å². The van der Waals surface area contributed by atoms with Gasteiger partial charge in [-0.25, -0.2) is 0 Å². The van der Waals surface area contributed by atoms with Crippen molar-refractivity contribution in [2.24, 2.45) is 0 Å². The normalized spacial score (nSPS) is 16.3. The summed E-state index contributed by atoms with van der Waals surface area (Å²) in [6.07, 6.45) is 9.32. The number of ether oxygens (including phenoxy) is 1. The van der Waals surface area contributed by atoms with Crippen molar-refractivity contribution in [2.45, 2.75) is 91.0 Å². The molecular formula is C18H31NO2. The lowest BCUT2D eigenvalue weighted by Gasteiger charge is -2.11. The van der Waals surface area contributed by atoms with Gasteiger partial charge in [0, 0.05) is 18.2 Å². The average Bonchev–Trinajstić information content (AvgIpc) is 3.23. The predicted octanol–water partition coefficient (Wildman–Crippen LogP) is 4.72. The van der Waals surface area contributed by atoms with Crippen molar-refractivity contribution in [3.63, 3.8) is 0 Å². The van der Waals surface area contributed by atoms with E-state index in [0.29, 0.717) is 12.7 Å². The monoisotopic (exact) mass is 293 g/mol. The van der Waals surface area contributed by atoms with Crippen LogP contribution in [-0.4, -0.2) is 12.1 Å². The van der Waals surface area contributed by atoms with E-state index in [4.69, 9.17) is 9.15 Å². The third-order valence-electron chi connectivity index (χ3n) is 4.20. The van der Waals surface area contributed by atoms with Crippen LogP contribution in [0.2, 0.25) is 0 Å². The Morgan fingerprint density at radius 2 is 2.14 bits per heavy atom. The number of hydrogen-bond acceptors (Lipinski definition) is 3. The van der Waals surface area contributed by atoms with Crippen LogP contribution in [0, 0.1) is 6.92 Å². The Hall–Kier alpha value is -0.800. The van der Waals surface area contributed by atoms with Crippen molar-refractivity contribution in [1.82, 2.24) is 5.32 Å². The molecule has 1 unspecified atom stereocenters. The van der Waals surface area contributed by atoms with E-state index in [1.54, 1.807) is 0 Å². The highest BCUT2D eigenvalue weighted by Gasteiger charge is 2.21. The molecule has 1 fully saturated rings. The third kappa shape index (κ3) is 6.23. The molecule has 1 atom stereocenters. The first-order valence-corrected chi connectivity index (χ1v) is 8.62. The molecule has 120 valence electrons. The molecule has 2 rings (SSSR count). The Morgan fingerprint density at radius 3 is 2.86 bits per heavy atom. The number of unbranched alkanes of at least 4 members (excludes halogenated alkanes) is 3. The summed E-state index contributed by atoms with van der Waals surface area (Å²) in [5, 5.41) is 3.53. The zero-order valence-electron chi connectivity index (χ0n) is 13.9. The smallest absolute Gasteiger partial charge is 0.130 e. The fraction of sp³-hybridized carbons (Fsp3) is 0.778. The lowest BCUT2D eigenvalue weighted by molar-refractivity contribution is 0.0357. The highest BCUT2D eigenvalue weighted by atomic mass is 16.5. The van der Waals surface area contributed by atoms with Gasteiger partial charge in [-0.2, -0.15) is 0 Å². The minimum atomic E-state index is 0.320. The first-order chi connectivity index (χ1) is 10.2. The number of furan rings is 1. The second kappa shape index (κ2) is 8.60. The van der Waals surface area contributed by atoms with Crippen molar-refractivity contribution < 1.29 is 9.15 Å². The number of aryl methyl sites for hydroxylation is 1. The second-order valence-electron chi connectivity index (χ2n) is 6.42. The summed E-state index contributed by atoms with van der Waals surface area (Å²) in [4.78, 5) is 0. The maximum Gasteiger partial charge on any atom is 0.130 e. The van der Waals surface area contributed by atoms with Crippen LogP contribution in [0.1, 0.15) is 75.9 Å². The molecule has 0 aliphatic heterocycles. The van der Waals surface area contributed by atoms with E-state index in [0.717, 1.165) is 30.5 Å². The Morgan fingerprint density at radius 1 is 1.33 bits per heavy atom. The minimum absolute atomic E-state index is 0.320. The van der Waals surface area contributed by atoms with Crippen LogP contribution in [-0.2, 0) is 17.9 Å². The quantitative estimate of drug-likeness (QED) is 0.600. The van der Waals surface area contributed by atoms with Crippen LogP contribution >= 0.6 is 0 Å². The van der Waals surface area contributed by atoms with Gasteiger partial charge in [0.2, 0.25) is 0 Å². The Bertz CT molecular complexity index is 409. The first-order valence-electron chi connectivity index (χ1n) is 8.62. The lowest BCUT2D eigenvalue weighted by Crippen LogP contribution is -2.15. The van der Waals surface area contributed by atoms with Gasteiger partial charge in [0.15, 0.2) is 0 Å². The molecule has 0 aromatic carbocycles. The zero-order chi connectivity index (χ0) is 15.1. The van der Waals surface area contributed by atoms with Crippen LogP contribution in [0.15, 0.2) is 10.5 Å². The van der Waals surface area contributed by atoms with Gasteiger partial charge in [-0.05, 0) is 39.2 Å². The molecule has 3 nitrogen and oxygen atoms in total. The summed E-state index contributed by atoms with van der Waals surface area (Å²) < 4.78 is 11.7. The number of hydrogen-bond donors (Lipinski definition) is 1. The van der Waals surface area contributed by atoms with Gasteiger partial charge in [0.1, 0.15) is 18.1 Å². The molecular weight excluding hydrogens is 262 g/mol. The molecule has 1 aromatic rings. The van der Waals surface area contributed by atoms with Crippen LogP contribution in [0.4, 0.5) is 0 Å². The molecule has 1 aliphatic rings. The van der Waals surface area contributed by atoms with Crippen LogP contribution in [0.3, 0.4) is 0 Å². The standard InChI is InChI=1S/C18H31NO2/c1-4-5-6-7-8-14(2)20-13-18-11-16(15(3)21-18)12-19-17-9-10-17/h11,14,17,19H,4-10,12-13H2,1-3H3. The SMILES string of the molecule is CCCCCCC(C)OCc1cc(CNC2CC2)c(C)o1. The summed E-state index contributed by atoms with van der Waals surface area (Å²) in [7, 11) is 0. The average molecular weight is 293 g/mol. The molecule has 1 saturated carbocycles. The van der Waals surface area contributed by atoms with Crippen molar-refractivity contribution in [2.75, 3.05) is 0 Å². The fourth-order valence-corrected chi connectivity index (χ4v) is 2.54. The molecule has 0 spiro atoms. The van der Waals surface area contributed by atoms with Gasteiger partial charge in [-0.15, -0.1) is 0 Å². The molecule has 0 saturated heterocycles. The van der Waals surface area contributed by atoms with E-state index in [9.17, 15) is 0 Å². The Kier molecular flexibility index (Phi) is 6.78. The molecule has 0 amide bonds. The minimum Gasteiger partial charge on any atom is -0.464 e. The molecule has 1 aromatic heterocycles. The maximum atomic E-state index is 5.90. The van der Waals surface area contributed by atoms with E-state index < -0.39 is 0 Å². The Balaban J connectivity index is 1.66. The van der Waals surface area contributed by atoms with Gasteiger partial charge in [-0.1, -0.05) is 32.6 Å². The molecule has 21 heavy (non-hydrogen) atoms.